The molecule has 3 N–H and O–H groups in total. The second kappa shape index (κ2) is 9.05. The zero-order valence-electron chi connectivity index (χ0n) is 15.5. The molecular weight excluding hydrogens is 360 g/mol. The Morgan fingerprint density at radius 3 is 2.68 bits per heavy atom. The van der Waals surface area contributed by atoms with Crippen molar-refractivity contribution in [2.45, 2.75) is 13.0 Å². The molecule has 0 bridgehead atoms. The molecule has 1 heterocycles. The number of furan rings is 1. The molecule has 1 atom stereocenters. The number of aliphatic hydroxyl groups excluding tert-OH is 1. The molecule has 7 heteroatoms. The maximum Gasteiger partial charge on any atom is 0.340 e. The van der Waals surface area contributed by atoms with Crippen LogP contribution in [0.3, 0.4) is 0 Å². The van der Waals surface area contributed by atoms with E-state index in [0.29, 0.717) is 23.6 Å². The molecule has 1 amide bonds. The molecule has 1 aromatic heterocycles. The summed E-state index contributed by atoms with van der Waals surface area (Å²) in [5.41, 5.74) is 1.59. The molecule has 3 aromatic rings. The van der Waals surface area contributed by atoms with Gasteiger partial charge in [-0.2, -0.15) is 0 Å². The summed E-state index contributed by atoms with van der Waals surface area (Å²) in [5.74, 6) is -0.422. The highest BCUT2D eigenvalue weighted by Crippen LogP contribution is 2.23. The molecule has 0 fully saturated rings. The van der Waals surface area contributed by atoms with E-state index in [2.05, 4.69) is 10.6 Å². The van der Waals surface area contributed by atoms with Crippen molar-refractivity contribution >= 4 is 28.5 Å². The van der Waals surface area contributed by atoms with E-state index in [-0.39, 0.29) is 12.6 Å². The van der Waals surface area contributed by atoms with Gasteiger partial charge < -0.3 is 24.9 Å². The van der Waals surface area contributed by atoms with Crippen molar-refractivity contribution in [3.05, 3.63) is 65.9 Å². The van der Waals surface area contributed by atoms with Gasteiger partial charge in [0.15, 0.2) is 6.61 Å². The lowest BCUT2D eigenvalue weighted by molar-refractivity contribution is -0.125. The third-order valence-electron chi connectivity index (χ3n) is 4.16. The monoisotopic (exact) mass is 382 g/mol. The first kappa shape index (κ1) is 19.4. The molecule has 0 saturated heterocycles. The fourth-order valence-electron chi connectivity index (χ4n) is 2.78. The van der Waals surface area contributed by atoms with E-state index in [4.69, 9.17) is 14.3 Å². The first-order chi connectivity index (χ1) is 13.6. The molecular formula is C21H22N2O5. The Kier molecular flexibility index (Phi) is 6.29. The summed E-state index contributed by atoms with van der Waals surface area (Å²) < 4.78 is 10.8. The van der Waals surface area contributed by atoms with E-state index in [0.717, 1.165) is 11.0 Å². The number of nitrogens with one attached hydrogen (secondary N) is 2. The summed E-state index contributed by atoms with van der Waals surface area (Å²) >= 11 is 0. The predicted octanol–water partition coefficient (Wildman–Crippen LogP) is 2.87. The molecule has 2 aromatic carbocycles. The number of fused-ring (bicyclic) bond motifs is 1. The molecule has 0 radical (unpaired) electrons. The Morgan fingerprint density at radius 2 is 1.89 bits per heavy atom. The summed E-state index contributed by atoms with van der Waals surface area (Å²) in [6, 6.07) is 15.9. The van der Waals surface area contributed by atoms with Crippen LogP contribution in [-0.2, 0) is 9.53 Å². The van der Waals surface area contributed by atoms with Crippen LogP contribution in [-0.4, -0.2) is 36.7 Å². The fourth-order valence-corrected chi connectivity index (χ4v) is 2.78. The minimum Gasteiger partial charge on any atom is -0.459 e. The number of esters is 1. The van der Waals surface area contributed by atoms with Gasteiger partial charge in [0.05, 0.1) is 18.2 Å². The number of benzene rings is 2. The molecule has 0 aliphatic rings. The smallest absolute Gasteiger partial charge is 0.340 e. The van der Waals surface area contributed by atoms with E-state index >= 15 is 0 Å². The summed E-state index contributed by atoms with van der Waals surface area (Å²) in [6.45, 7) is 1.63. The number of para-hydroxylation sites is 2. The first-order valence-corrected chi connectivity index (χ1v) is 8.97. The third-order valence-corrected chi connectivity index (χ3v) is 4.16. The highest BCUT2D eigenvalue weighted by atomic mass is 16.5. The van der Waals surface area contributed by atoms with Gasteiger partial charge in [-0.15, -0.1) is 0 Å². The molecule has 0 unspecified atom stereocenters. The predicted molar refractivity (Wildman–Crippen MR) is 105 cm³/mol. The molecule has 28 heavy (non-hydrogen) atoms. The molecule has 0 aliphatic heterocycles. The van der Waals surface area contributed by atoms with Crippen LogP contribution in [0.25, 0.3) is 11.0 Å². The number of amides is 1. The highest BCUT2D eigenvalue weighted by Gasteiger charge is 2.17. The SMILES string of the molecule is C[C@H](NC(=O)COC(=O)c1ccccc1NCCO)c1cc2ccccc2o1. The average Bonchev–Trinajstić information content (AvgIpc) is 3.15. The van der Waals surface area contributed by atoms with Gasteiger partial charge in [-0.05, 0) is 31.2 Å². The van der Waals surface area contributed by atoms with Crippen molar-refractivity contribution in [2.24, 2.45) is 0 Å². The van der Waals surface area contributed by atoms with Crippen molar-refractivity contribution in [3.8, 4) is 0 Å². The zero-order valence-corrected chi connectivity index (χ0v) is 15.5. The zero-order chi connectivity index (χ0) is 19.9. The molecule has 146 valence electrons. The minimum atomic E-state index is -0.618. The van der Waals surface area contributed by atoms with E-state index < -0.39 is 18.5 Å². The number of hydrogen-bond donors (Lipinski definition) is 3. The topological polar surface area (TPSA) is 101 Å². The van der Waals surface area contributed by atoms with E-state index in [1.54, 1.807) is 31.2 Å². The van der Waals surface area contributed by atoms with Gasteiger partial charge in [0.1, 0.15) is 11.3 Å². The van der Waals surface area contributed by atoms with Crippen LogP contribution < -0.4 is 10.6 Å². The minimum absolute atomic E-state index is 0.0640. The van der Waals surface area contributed by atoms with Crippen LogP contribution in [0.1, 0.15) is 29.1 Å². The highest BCUT2D eigenvalue weighted by molar-refractivity contribution is 5.96. The fraction of sp³-hybridized carbons (Fsp3) is 0.238. The van der Waals surface area contributed by atoms with E-state index in [1.807, 2.05) is 30.3 Å². The maximum absolute atomic E-state index is 12.3. The van der Waals surface area contributed by atoms with Crippen molar-refractivity contribution in [3.63, 3.8) is 0 Å². The Bertz CT molecular complexity index is 933. The Hall–Kier alpha value is -3.32. The Labute approximate surface area is 162 Å². The van der Waals surface area contributed by atoms with Gasteiger partial charge in [0.2, 0.25) is 0 Å². The van der Waals surface area contributed by atoms with Gasteiger partial charge in [-0.25, -0.2) is 4.79 Å². The summed E-state index contributed by atoms with van der Waals surface area (Å²) in [5, 5.41) is 15.6. The van der Waals surface area contributed by atoms with Crippen molar-refractivity contribution in [2.75, 3.05) is 25.1 Å². The van der Waals surface area contributed by atoms with Crippen molar-refractivity contribution < 1.29 is 23.8 Å². The lowest BCUT2D eigenvalue weighted by atomic mass is 10.2. The number of rotatable bonds is 8. The summed E-state index contributed by atoms with van der Waals surface area (Å²) in [7, 11) is 0. The number of ether oxygens (including phenoxy) is 1. The maximum atomic E-state index is 12.3. The van der Waals surface area contributed by atoms with E-state index in [1.165, 1.54) is 0 Å². The van der Waals surface area contributed by atoms with Gasteiger partial charge in [-0.3, -0.25) is 4.79 Å². The van der Waals surface area contributed by atoms with Crippen LogP contribution in [0, 0.1) is 0 Å². The Morgan fingerprint density at radius 1 is 1.14 bits per heavy atom. The number of aliphatic hydroxyl groups is 1. The number of carbonyl (C=O) groups is 2. The van der Waals surface area contributed by atoms with Gasteiger partial charge in [0, 0.05) is 17.6 Å². The van der Waals surface area contributed by atoms with Crippen molar-refractivity contribution in [1.29, 1.82) is 0 Å². The van der Waals surface area contributed by atoms with Crippen molar-refractivity contribution in [1.82, 2.24) is 5.32 Å². The van der Waals surface area contributed by atoms with Crippen LogP contribution in [0.5, 0.6) is 0 Å². The van der Waals surface area contributed by atoms with Gasteiger partial charge in [-0.1, -0.05) is 30.3 Å². The normalized spacial score (nSPS) is 11.8. The van der Waals surface area contributed by atoms with Crippen LogP contribution in [0.2, 0.25) is 0 Å². The number of anilines is 1. The lowest BCUT2D eigenvalue weighted by Crippen LogP contribution is -2.31. The van der Waals surface area contributed by atoms with E-state index in [9.17, 15) is 9.59 Å². The molecule has 7 nitrogen and oxygen atoms in total. The quantitative estimate of drug-likeness (QED) is 0.518. The van der Waals surface area contributed by atoms with Crippen LogP contribution in [0.4, 0.5) is 5.69 Å². The average molecular weight is 382 g/mol. The number of carbonyl (C=O) groups excluding carboxylic acids is 2. The second-order valence-electron chi connectivity index (χ2n) is 6.25. The molecule has 0 spiro atoms. The van der Waals surface area contributed by atoms with Crippen LogP contribution >= 0.6 is 0 Å². The third kappa shape index (κ3) is 4.69. The summed E-state index contributed by atoms with van der Waals surface area (Å²) in [4.78, 5) is 24.4. The van der Waals surface area contributed by atoms with Gasteiger partial charge >= 0.3 is 5.97 Å². The van der Waals surface area contributed by atoms with Gasteiger partial charge in [0.25, 0.3) is 5.91 Å². The second-order valence-corrected chi connectivity index (χ2v) is 6.25. The van der Waals surface area contributed by atoms with Crippen LogP contribution in [0.15, 0.2) is 59.0 Å². The summed E-state index contributed by atoms with van der Waals surface area (Å²) in [6.07, 6.45) is 0. The largest absolute Gasteiger partial charge is 0.459 e. The first-order valence-electron chi connectivity index (χ1n) is 8.97. The Balaban J connectivity index is 1.56. The molecule has 3 rings (SSSR count). The molecule has 0 aliphatic carbocycles. The molecule has 0 saturated carbocycles. The number of hydrogen-bond acceptors (Lipinski definition) is 6. The standard InChI is InChI=1S/C21H22N2O5/c1-14(19-12-15-6-2-5-9-18(15)28-19)23-20(25)13-27-21(26)16-7-3-4-8-17(16)22-10-11-24/h2-9,12,14,22,24H,10-11,13H2,1H3,(H,23,25)/t14-/m0/s1. The lowest BCUT2D eigenvalue weighted by Gasteiger charge is -2.13.